The third-order valence-electron chi connectivity index (χ3n) is 2.26. The molecule has 1 amide bonds. The maximum absolute atomic E-state index is 11.4. The van der Waals surface area contributed by atoms with Crippen molar-refractivity contribution in [1.82, 2.24) is 0 Å². The number of carbonyl (C=O) groups is 1. The van der Waals surface area contributed by atoms with Gasteiger partial charge in [-0.3, -0.25) is 14.9 Å². The van der Waals surface area contributed by atoms with Crippen LogP contribution in [0.15, 0.2) is 18.2 Å². The fourth-order valence-electron chi connectivity index (χ4n) is 1.57. The number of anilines is 1. The predicted molar refractivity (Wildman–Crippen MR) is 58.0 cm³/mol. The van der Waals surface area contributed by atoms with Crippen molar-refractivity contribution >= 4 is 29.0 Å². The Morgan fingerprint density at radius 3 is 2.87 bits per heavy atom. The number of fused-ring (bicyclic) bond motifs is 1. The number of benzene rings is 1. The molecule has 0 bridgehead atoms. The zero-order chi connectivity index (χ0) is 11.0. The molecule has 1 aromatic carbocycles. The first kappa shape index (κ1) is 9.97. The van der Waals surface area contributed by atoms with Gasteiger partial charge in [-0.05, 0) is 17.9 Å². The lowest BCUT2D eigenvalue weighted by molar-refractivity contribution is -0.384. The number of thioether (sulfide) groups is 1. The standard InChI is InChI=1S/C9H8N2O3S/c1-15-8-6-3-2-5(11(13)14)4-7(6)10-9(8)12/h2-4,8H,1H3,(H,10,12). The van der Waals surface area contributed by atoms with Gasteiger partial charge >= 0.3 is 0 Å². The Hall–Kier alpha value is -1.56. The number of nitro benzene ring substituents is 1. The summed E-state index contributed by atoms with van der Waals surface area (Å²) >= 11 is 1.42. The lowest BCUT2D eigenvalue weighted by Gasteiger charge is -2.02. The average molecular weight is 224 g/mol. The summed E-state index contributed by atoms with van der Waals surface area (Å²) in [6, 6.07) is 4.44. The summed E-state index contributed by atoms with van der Waals surface area (Å²) in [5, 5.41) is 12.9. The Bertz CT molecular complexity index is 447. The van der Waals surface area contributed by atoms with E-state index < -0.39 is 4.92 Å². The molecule has 0 fully saturated rings. The van der Waals surface area contributed by atoms with Crippen LogP contribution in [0.5, 0.6) is 0 Å². The van der Waals surface area contributed by atoms with E-state index in [-0.39, 0.29) is 16.8 Å². The second-order valence-corrected chi connectivity index (χ2v) is 4.08. The molecule has 0 radical (unpaired) electrons. The topological polar surface area (TPSA) is 72.2 Å². The van der Waals surface area contributed by atoms with Crippen LogP contribution in [0.1, 0.15) is 10.8 Å². The molecular weight excluding hydrogens is 216 g/mol. The third-order valence-corrected chi connectivity index (χ3v) is 3.20. The molecule has 1 unspecified atom stereocenters. The zero-order valence-corrected chi connectivity index (χ0v) is 8.71. The molecule has 15 heavy (non-hydrogen) atoms. The number of amides is 1. The van der Waals surface area contributed by atoms with Crippen LogP contribution in [0.2, 0.25) is 0 Å². The minimum atomic E-state index is -0.473. The van der Waals surface area contributed by atoms with Crippen molar-refractivity contribution in [2.45, 2.75) is 5.25 Å². The Labute approximate surface area is 90.0 Å². The van der Waals surface area contributed by atoms with Crippen LogP contribution < -0.4 is 5.32 Å². The van der Waals surface area contributed by atoms with Gasteiger partial charge in [0.2, 0.25) is 5.91 Å². The molecule has 1 aliphatic rings. The molecule has 2 rings (SSSR count). The number of hydrogen-bond acceptors (Lipinski definition) is 4. The van der Waals surface area contributed by atoms with Gasteiger partial charge in [0.15, 0.2) is 0 Å². The van der Waals surface area contributed by atoms with Gasteiger partial charge in [-0.2, -0.15) is 0 Å². The van der Waals surface area contributed by atoms with Crippen LogP contribution in [-0.4, -0.2) is 17.1 Å². The summed E-state index contributed by atoms with van der Waals surface area (Å²) in [5.74, 6) is -0.113. The van der Waals surface area contributed by atoms with Gasteiger partial charge in [-0.25, -0.2) is 0 Å². The first-order valence-electron chi connectivity index (χ1n) is 4.25. The highest BCUT2D eigenvalue weighted by Gasteiger charge is 2.30. The van der Waals surface area contributed by atoms with E-state index >= 15 is 0 Å². The van der Waals surface area contributed by atoms with Crippen molar-refractivity contribution in [2.75, 3.05) is 11.6 Å². The van der Waals surface area contributed by atoms with Crippen LogP contribution in [0.3, 0.4) is 0 Å². The molecule has 1 aliphatic heterocycles. The number of nitrogens with zero attached hydrogens (tertiary/aromatic N) is 1. The van der Waals surface area contributed by atoms with Gasteiger partial charge < -0.3 is 5.32 Å². The number of rotatable bonds is 2. The quantitative estimate of drug-likeness (QED) is 0.615. The summed E-state index contributed by atoms with van der Waals surface area (Å²) in [5.41, 5.74) is 1.36. The van der Waals surface area contributed by atoms with E-state index in [1.807, 2.05) is 6.26 Å². The number of nitrogens with one attached hydrogen (secondary N) is 1. The lowest BCUT2D eigenvalue weighted by Crippen LogP contribution is -2.08. The predicted octanol–water partition coefficient (Wildman–Crippen LogP) is 1.95. The van der Waals surface area contributed by atoms with E-state index in [4.69, 9.17) is 0 Å². The van der Waals surface area contributed by atoms with Crippen LogP contribution in [0.4, 0.5) is 11.4 Å². The molecule has 6 heteroatoms. The number of nitro groups is 1. The van der Waals surface area contributed by atoms with Gasteiger partial charge in [-0.15, -0.1) is 11.8 Å². The highest BCUT2D eigenvalue weighted by molar-refractivity contribution is 7.99. The fraction of sp³-hybridized carbons (Fsp3) is 0.222. The Morgan fingerprint density at radius 2 is 2.27 bits per heavy atom. The van der Waals surface area contributed by atoms with Gasteiger partial charge in [-0.1, -0.05) is 0 Å². The average Bonchev–Trinajstić information content (AvgIpc) is 2.51. The second kappa shape index (κ2) is 3.54. The molecule has 78 valence electrons. The van der Waals surface area contributed by atoms with Gasteiger partial charge in [0, 0.05) is 12.1 Å². The largest absolute Gasteiger partial charge is 0.324 e. The van der Waals surface area contributed by atoms with Crippen LogP contribution >= 0.6 is 11.8 Å². The summed E-state index contributed by atoms with van der Waals surface area (Å²) in [4.78, 5) is 21.5. The third kappa shape index (κ3) is 1.56. The summed E-state index contributed by atoms with van der Waals surface area (Å²) in [6.07, 6.45) is 1.83. The van der Waals surface area contributed by atoms with Gasteiger partial charge in [0.1, 0.15) is 5.25 Å². The molecule has 0 saturated heterocycles. The van der Waals surface area contributed by atoms with Crippen molar-refractivity contribution in [3.8, 4) is 0 Å². The van der Waals surface area contributed by atoms with Crippen molar-refractivity contribution in [1.29, 1.82) is 0 Å². The second-order valence-electron chi connectivity index (χ2n) is 3.13. The monoisotopic (exact) mass is 224 g/mol. The van der Waals surface area contributed by atoms with Crippen molar-refractivity contribution in [2.24, 2.45) is 0 Å². The minimum Gasteiger partial charge on any atom is -0.324 e. The molecule has 5 nitrogen and oxygen atoms in total. The van der Waals surface area contributed by atoms with Crippen LogP contribution in [0, 0.1) is 10.1 Å². The highest BCUT2D eigenvalue weighted by atomic mass is 32.2. The van der Waals surface area contributed by atoms with Gasteiger partial charge in [0.05, 0.1) is 10.6 Å². The van der Waals surface area contributed by atoms with Crippen molar-refractivity contribution in [3.05, 3.63) is 33.9 Å². The first-order chi connectivity index (χ1) is 7.13. The first-order valence-corrected chi connectivity index (χ1v) is 5.54. The molecule has 0 aromatic heterocycles. The van der Waals surface area contributed by atoms with Crippen LogP contribution in [-0.2, 0) is 4.79 Å². The molecule has 0 saturated carbocycles. The summed E-state index contributed by atoms with van der Waals surface area (Å²) in [6.45, 7) is 0. The van der Waals surface area contributed by atoms with E-state index in [0.717, 1.165) is 5.56 Å². The number of non-ortho nitro benzene ring substituents is 1. The molecule has 0 aliphatic carbocycles. The normalized spacial score (nSPS) is 18.5. The highest BCUT2D eigenvalue weighted by Crippen LogP contribution is 2.40. The smallest absolute Gasteiger partial charge is 0.271 e. The Morgan fingerprint density at radius 1 is 1.53 bits per heavy atom. The van der Waals surface area contributed by atoms with Crippen molar-refractivity contribution in [3.63, 3.8) is 0 Å². The Balaban J connectivity index is 2.46. The molecule has 1 aromatic rings. The number of hydrogen-bond donors (Lipinski definition) is 1. The maximum Gasteiger partial charge on any atom is 0.271 e. The minimum absolute atomic E-state index is 0.00389. The molecule has 0 spiro atoms. The van der Waals surface area contributed by atoms with E-state index in [1.165, 1.54) is 23.9 Å². The Kier molecular flexibility index (Phi) is 2.36. The lowest BCUT2D eigenvalue weighted by atomic mass is 10.1. The molecule has 1 N–H and O–H groups in total. The molecule has 1 atom stereocenters. The zero-order valence-electron chi connectivity index (χ0n) is 7.89. The van der Waals surface area contributed by atoms with E-state index in [0.29, 0.717) is 5.69 Å². The molecule has 1 heterocycles. The van der Waals surface area contributed by atoms with Crippen molar-refractivity contribution < 1.29 is 9.72 Å². The number of carbonyl (C=O) groups excluding carboxylic acids is 1. The fourth-order valence-corrected chi connectivity index (χ4v) is 2.30. The maximum atomic E-state index is 11.4. The summed E-state index contributed by atoms with van der Waals surface area (Å²) < 4.78 is 0. The molecular formula is C9H8N2O3S. The van der Waals surface area contributed by atoms with E-state index in [2.05, 4.69) is 5.32 Å². The van der Waals surface area contributed by atoms with E-state index in [1.54, 1.807) is 6.07 Å². The van der Waals surface area contributed by atoms with Gasteiger partial charge in [0.25, 0.3) is 5.69 Å². The van der Waals surface area contributed by atoms with E-state index in [9.17, 15) is 14.9 Å². The van der Waals surface area contributed by atoms with Crippen LogP contribution in [0.25, 0.3) is 0 Å². The SMILES string of the molecule is CSC1C(=O)Nc2cc([N+](=O)[O-])ccc21. The summed E-state index contributed by atoms with van der Waals surface area (Å²) in [7, 11) is 0.